The largest absolute Gasteiger partial charge is 0.449 e. The van der Waals surface area contributed by atoms with Crippen LogP contribution in [-0.2, 0) is 4.74 Å². The van der Waals surface area contributed by atoms with E-state index in [4.69, 9.17) is 4.74 Å². The number of nitrogens with one attached hydrogen (secondary N) is 1. The summed E-state index contributed by atoms with van der Waals surface area (Å²) in [7, 11) is 0. The normalized spacial score (nSPS) is 18.4. The number of hydrogen-bond acceptors (Lipinski definition) is 2. The summed E-state index contributed by atoms with van der Waals surface area (Å²) >= 11 is 0. The molecule has 1 aromatic rings. The fourth-order valence-electron chi connectivity index (χ4n) is 2.79. The molecule has 0 aliphatic carbocycles. The third-order valence-electron chi connectivity index (χ3n) is 4.34. The van der Waals surface area contributed by atoms with Crippen LogP contribution in [0.1, 0.15) is 45.8 Å². The number of halogens is 1. The number of rotatable bonds is 1. The lowest BCUT2D eigenvalue weighted by Crippen LogP contribution is -2.36. The van der Waals surface area contributed by atoms with Gasteiger partial charge in [0.15, 0.2) is 0 Å². The Morgan fingerprint density at radius 3 is 1.89 bits per heavy atom. The van der Waals surface area contributed by atoms with Crippen molar-refractivity contribution in [1.82, 2.24) is 5.32 Å². The van der Waals surface area contributed by atoms with Crippen molar-refractivity contribution >= 4 is 18.5 Å². The van der Waals surface area contributed by atoms with Gasteiger partial charge in [-0.1, -0.05) is 0 Å². The van der Waals surface area contributed by atoms with Crippen molar-refractivity contribution in [2.75, 3.05) is 6.61 Å². The minimum absolute atomic E-state index is 0. The van der Waals surface area contributed by atoms with Gasteiger partial charge in [-0.05, 0) is 68.0 Å². The summed E-state index contributed by atoms with van der Waals surface area (Å²) in [6, 6.07) is 0.0873. The summed E-state index contributed by atoms with van der Waals surface area (Å²) in [4.78, 5) is 11.4. The lowest BCUT2D eigenvalue weighted by Gasteiger charge is -2.29. The molecule has 106 valence electrons. The zero-order valence-corrected chi connectivity index (χ0v) is 13.0. The molecule has 0 unspecified atom stereocenters. The molecule has 4 heteroatoms. The van der Waals surface area contributed by atoms with Gasteiger partial charge in [0.1, 0.15) is 0 Å². The van der Waals surface area contributed by atoms with Crippen LogP contribution in [0.25, 0.3) is 0 Å². The number of amides is 1. The van der Waals surface area contributed by atoms with Crippen LogP contribution in [0.4, 0.5) is 4.79 Å². The number of ether oxygens (including phenoxy) is 1. The number of cyclic esters (lactones) is 1. The Bertz CT molecular complexity index is 482. The summed E-state index contributed by atoms with van der Waals surface area (Å²) in [5.74, 6) is 0. The van der Waals surface area contributed by atoms with Crippen LogP contribution in [0.15, 0.2) is 0 Å². The molecule has 1 N–H and O–H groups in total. The topological polar surface area (TPSA) is 38.3 Å². The van der Waals surface area contributed by atoms with Gasteiger partial charge in [-0.2, -0.15) is 0 Å². The van der Waals surface area contributed by atoms with Crippen LogP contribution in [0.5, 0.6) is 0 Å². The summed E-state index contributed by atoms with van der Waals surface area (Å²) in [5, 5.41) is 2.93. The Morgan fingerprint density at radius 2 is 1.42 bits per heavy atom. The molecule has 0 bridgehead atoms. The number of alkyl carbamates (subject to hydrolysis) is 1. The highest BCUT2D eigenvalue weighted by Gasteiger charge is 2.25. The number of benzene rings is 1. The van der Waals surface area contributed by atoms with Crippen LogP contribution in [0.2, 0.25) is 0 Å². The average molecular weight is 284 g/mol. The first kappa shape index (κ1) is 15.8. The van der Waals surface area contributed by atoms with Crippen LogP contribution in [0, 0.1) is 34.6 Å². The highest BCUT2D eigenvalue weighted by atomic mass is 35.5. The van der Waals surface area contributed by atoms with Gasteiger partial charge in [-0.3, -0.25) is 0 Å². The molecule has 1 aromatic carbocycles. The Balaban J connectivity index is 0.00000180. The van der Waals surface area contributed by atoms with Crippen molar-refractivity contribution < 1.29 is 9.53 Å². The Labute approximate surface area is 121 Å². The third-order valence-corrected chi connectivity index (χ3v) is 4.34. The van der Waals surface area contributed by atoms with Gasteiger partial charge in [-0.25, -0.2) is 4.79 Å². The predicted octanol–water partition coefficient (Wildman–Crippen LogP) is 3.82. The van der Waals surface area contributed by atoms with Crippen molar-refractivity contribution in [3.63, 3.8) is 0 Å². The van der Waals surface area contributed by atoms with Crippen molar-refractivity contribution in [2.45, 2.75) is 47.1 Å². The summed E-state index contributed by atoms with van der Waals surface area (Å²) < 4.78 is 4.94. The highest BCUT2D eigenvalue weighted by molar-refractivity contribution is 5.85. The molecule has 1 fully saturated rings. The molecule has 1 saturated heterocycles. The molecular formula is C15H22ClNO2. The number of carbonyl (C=O) groups excluding carboxylic acids is 1. The maximum absolute atomic E-state index is 11.4. The molecule has 3 nitrogen and oxygen atoms in total. The van der Waals surface area contributed by atoms with Crippen LogP contribution < -0.4 is 5.32 Å². The third kappa shape index (κ3) is 2.71. The van der Waals surface area contributed by atoms with E-state index in [1.165, 1.54) is 33.4 Å². The Morgan fingerprint density at radius 1 is 0.947 bits per heavy atom. The Hall–Kier alpha value is -1.22. The molecule has 2 rings (SSSR count). The van der Waals surface area contributed by atoms with Gasteiger partial charge in [0.2, 0.25) is 0 Å². The fourth-order valence-corrected chi connectivity index (χ4v) is 2.79. The molecule has 1 atom stereocenters. The zero-order chi connectivity index (χ0) is 13.4. The van der Waals surface area contributed by atoms with E-state index in [1.54, 1.807) is 0 Å². The van der Waals surface area contributed by atoms with Gasteiger partial charge in [-0.15, -0.1) is 12.4 Å². The molecule has 0 aromatic heterocycles. The van der Waals surface area contributed by atoms with Gasteiger partial charge >= 0.3 is 6.09 Å². The van der Waals surface area contributed by atoms with Crippen LogP contribution in [-0.4, -0.2) is 12.7 Å². The summed E-state index contributed by atoms with van der Waals surface area (Å²) in [6.07, 6.45) is 0.538. The molecule has 1 aliphatic rings. The lowest BCUT2D eigenvalue weighted by molar-refractivity contribution is 0.115. The maximum Gasteiger partial charge on any atom is 0.407 e. The predicted molar refractivity (Wildman–Crippen MR) is 79.2 cm³/mol. The minimum atomic E-state index is -0.305. The SMILES string of the molecule is Cc1c(C)c(C)c([C@@H]2CCOC(=O)N2)c(C)c1C.Cl. The monoisotopic (exact) mass is 283 g/mol. The lowest BCUT2D eigenvalue weighted by atomic mass is 9.85. The van der Waals surface area contributed by atoms with E-state index < -0.39 is 0 Å². The average Bonchev–Trinajstić information content (AvgIpc) is 2.34. The van der Waals surface area contributed by atoms with E-state index in [2.05, 4.69) is 39.9 Å². The molecule has 1 amide bonds. The highest BCUT2D eigenvalue weighted by Crippen LogP contribution is 2.32. The van der Waals surface area contributed by atoms with Crippen molar-refractivity contribution in [1.29, 1.82) is 0 Å². The second kappa shape index (κ2) is 5.83. The molecule has 1 heterocycles. The van der Waals surface area contributed by atoms with E-state index in [-0.39, 0.29) is 24.5 Å². The second-order valence-corrected chi connectivity index (χ2v) is 5.16. The Kier molecular flexibility index (Phi) is 4.86. The van der Waals surface area contributed by atoms with Gasteiger partial charge in [0.25, 0.3) is 0 Å². The molecule has 0 radical (unpaired) electrons. The van der Waals surface area contributed by atoms with E-state index >= 15 is 0 Å². The summed E-state index contributed by atoms with van der Waals surface area (Å²) in [6.45, 7) is 11.3. The van der Waals surface area contributed by atoms with E-state index in [0.29, 0.717) is 6.61 Å². The van der Waals surface area contributed by atoms with Crippen molar-refractivity contribution in [3.8, 4) is 0 Å². The van der Waals surface area contributed by atoms with E-state index in [1.807, 2.05) is 0 Å². The molecule has 19 heavy (non-hydrogen) atoms. The quantitative estimate of drug-likeness (QED) is 0.851. The first-order chi connectivity index (χ1) is 8.43. The smallest absolute Gasteiger partial charge is 0.407 e. The fraction of sp³-hybridized carbons (Fsp3) is 0.533. The van der Waals surface area contributed by atoms with Gasteiger partial charge in [0.05, 0.1) is 12.6 Å². The number of carbonyl (C=O) groups is 1. The minimum Gasteiger partial charge on any atom is -0.449 e. The maximum atomic E-state index is 11.4. The first-order valence-corrected chi connectivity index (χ1v) is 6.43. The van der Waals surface area contributed by atoms with Gasteiger partial charge in [0, 0.05) is 6.42 Å². The second-order valence-electron chi connectivity index (χ2n) is 5.16. The molecule has 1 aliphatic heterocycles. The van der Waals surface area contributed by atoms with Crippen LogP contribution in [0.3, 0.4) is 0 Å². The van der Waals surface area contributed by atoms with Crippen LogP contribution >= 0.6 is 12.4 Å². The number of hydrogen-bond donors (Lipinski definition) is 1. The standard InChI is InChI=1S/C15H21NO2.ClH/c1-8-9(2)11(4)14(12(5)10(8)3)13-6-7-18-15(17)16-13;/h13H,6-7H2,1-5H3,(H,16,17);1H/t13-;/m0./s1. The van der Waals surface area contributed by atoms with Gasteiger partial charge < -0.3 is 10.1 Å². The molecule has 0 saturated carbocycles. The molecular weight excluding hydrogens is 262 g/mol. The summed E-state index contributed by atoms with van der Waals surface area (Å²) in [5.41, 5.74) is 7.87. The zero-order valence-electron chi connectivity index (χ0n) is 12.2. The molecule has 0 spiro atoms. The van der Waals surface area contributed by atoms with E-state index in [0.717, 1.165) is 6.42 Å². The van der Waals surface area contributed by atoms with E-state index in [9.17, 15) is 4.79 Å². The van der Waals surface area contributed by atoms with Crippen molar-refractivity contribution in [3.05, 3.63) is 33.4 Å². The first-order valence-electron chi connectivity index (χ1n) is 6.43. The van der Waals surface area contributed by atoms with Crippen molar-refractivity contribution in [2.24, 2.45) is 0 Å².